The standard InChI is InChI=1S/C16H24N4O3/c21-14(11-16(15(22)23)7-4-8-16)17-9-6-13-19-18-12-5-2-1-3-10-20(12)13/h1-11H2,(H,17,21)(H,22,23). The number of hydrogen-bond acceptors (Lipinski definition) is 4. The molecular weight excluding hydrogens is 296 g/mol. The smallest absolute Gasteiger partial charge is 0.310 e. The van der Waals surface area contributed by atoms with Crippen molar-refractivity contribution in [3.8, 4) is 0 Å². The van der Waals surface area contributed by atoms with Crippen molar-refractivity contribution in [2.45, 2.75) is 64.3 Å². The van der Waals surface area contributed by atoms with Crippen molar-refractivity contribution in [3.05, 3.63) is 11.6 Å². The molecule has 0 saturated heterocycles. The van der Waals surface area contributed by atoms with Gasteiger partial charge in [-0.25, -0.2) is 0 Å². The van der Waals surface area contributed by atoms with Crippen LogP contribution < -0.4 is 5.32 Å². The molecule has 1 aromatic rings. The third kappa shape index (κ3) is 3.38. The van der Waals surface area contributed by atoms with Gasteiger partial charge < -0.3 is 15.0 Å². The highest BCUT2D eigenvalue weighted by Crippen LogP contribution is 2.44. The van der Waals surface area contributed by atoms with Gasteiger partial charge in [0.1, 0.15) is 11.6 Å². The third-order valence-electron chi connectivity index (χ3n) is 5.12. The van der Waals surface area contributed by atoms with Gasteiger partial charge in [-0.1, -0.05) is 12.8 Å². The molecule has 1 aliphatic heterocycles. The average molecular weight is 320 g/mol. The molecule has 2 N–H and O–H groups in total. The number of aliphatic carboxylic acids is 1. The van der Waals surface area contributed by atoms with Crippen molar-refractivity contribution >= 4 is 11.9 Å². The van der Waals surface area contributed by atoms with Gasteiger partial charge in [0.05, 0.1) is 5.41 Å². The first kappa shape index (κ1) is 16.0. The summed E-state index contributed by atoms with van der Waals surface area (Å²) in [5, 5.41) is 20.6. The van der Waals surface area contributed by atoms with E-state index in [0.717, 1.165) is 43.9 Å². The number of rotatable bonds is 6. The number of amides is 1. The van der Waals surface area contributed by atoms with Crippen LogP contribution in [0.3, 0.4) is 0 Å². The number of fused-ring (bicyclic) bond motifs is 1. The van der Waals surface area contributed by atoms with Gasteiger partial charge in [0.25, 0.3) is 0 Å². The minimum atomic E-state index is -0.846. The number of nitrogens with zero attached hydrogens (tertiary/aromatic N) is 3. The molecule has 1 saturated carbocycles. The number of nitrogens with one attached hydrogen (secondary N) is 1. The molecule has 7 nitrogen and oxygen atoms in total. The molecule has 0 aromatic carbocycles. The van der Waals surface area contributed by atoms with Gasteiger partial charge in [0.2, 0.25) is 5.91 Å². The van der Waals surface area contributed by atoms with Crippen LogP contribution in [0.15, 0.2) is 0 Å². The third-order valence-corrected chi connectivity index (χ3v) is 5.12. The van der Waals surface area contributed by atoms with Crippen LogP contribution in [0.1, 0.15) is 56.6 Å². The summed E-state index contributed by atoms with van der Waals surface area (Å²) in [5.74, 6) is 0.936. The molecule has 1 fully saturated rings. The van der Waals surface area contributed by atoms with E-state index in [1.807, 2.05) is 0 Å². The molecule has 0 unspecified atom stereocenters. The zero-order chi connectivity index (χ0) is 16.3. The Morgan fingerprint density at radius 2 is 2.00 bits per heavy atom. The van der Waals surface area contributed by atoms with Gasteiger partial charge >= 0.3 is 5.97 Å². The summed E-state index contributed by atoms with van der Waals surface area (Å²) in [4.78, 5) is 23.3. The molecule has 1 aliphatic carbocycles. The molecule has 23 heavy (non-hydrogen) atoms. The first-order chi connectivity index (χ1) is 11.1. The fourth-order valence-corrected chi connectivity index (χ4v) is 3.48. The van der Waals surface area contributed by atoms with E-state index < -0.39 is 11.4 Å². The number of carboxylic acid groups (broad SMARTS) is 1. The molecule has 0 bridgehead atoms. The molecule has 7 heteroatoms. The SMILES string of the molecule is O=C(CC1(C(=O)O)CCC1)NCCc1nnc2n1CCCCC2. The highest BCUT2D eigenvalue weighted by Gasteiger charge is 2.45. The Balaban J connectivity index is 1.49. The normalized spacial score (nSPS) is 19.3. The molecule has 0 radical (unpaired) electrons. The fraction of sp³-hybridized carbons (Fsp3) is 0.750. The van der Waals surface area contributed by atoms with E-state index in [1.54, 1.807) is 0 Å². The van der Waals surface area contributed by atoms with Gasteiger partial charge in [-0.3, -0.25) is 9.59 Å². The van der Waals surface area contributed by atoms with Gasteiger partial charge in [-0.05, 0) is 25.7 Å². The first-order valence-corrected chi connectivity index (χ1v) is 8.52. The highest BCUT2D eigenvalue weighted by molar-refractivity contribution is 5.85. The van der Waals surface area contributed by atoms with E-state index in [-0.39, 0.29) is 12.3 Å². The van der Waals surface area contributed by atoms with Crippen molar-refractivity contribution in [1.82, 2.24) is 20.1 Å². The van der Waals surface area contributed by atoms with Crippen LogP contribution in [0.25, 0.3) is 0 Å². The van der Waals surface area contributed by atoms with E-state index in [0.29, 0.717) is 25.8 Å². The number of carbonyl (C=O) groups excluding carboxylic acids is 1. The number of carbonyl (C=O) groups is 2. The second-order valence-corrected chi connectivity index (χ2v) is 6.71. The van der Waals surface area contributed by atoms with Gasteiger partial charge in [0.15, 0.2) is 0 Å². The maximum absolute atomic E-state index is 12.0. The lowest BCUT2D eigenvalue weighted by Crippen LogP contribution is -2.42. The Morgan fingerprint density at radius 1 is 1.17 bits per heavy atom. The molecule has 1 aromatic heterocycles. The zero-order valence-electron chi connectivity index (χ0n) is 13.4. The van der Waals surface area contributed by atoms with Crippen LogP contribution >= 0.6 is 0 Å². The molecule has 1 amide bonds. The van der Waals surface area contributed by atoms with E-state index in [1.165, 1.54) is 6.42 Å². The predicted molar refractivity (Wildman–Crippen MR) is 82.8 cm³/mol. The fourth-order valence-electron chi connectivity index (χ4n) is 3.48. The maximum atomic E-state index is 12.0. The number of hydrogen-bond donors (Lipinski definition) is 2. The molecule has 0 atom stereocenters. The lowest BCUT2D eigenvalue weighted by Gasteiger charge is -2.36. The second kappa shape index (κ2) is 6.68. The average Bonchev–Trinajstić information content (AvgIpc) is 2.70. The van der Waals surface area contributed by atoms with Crippen molar-refractivity contribution < 1.29 is 14.7 Å². The molecular formula is C16H24N4O3. The number of aromatic nitrogens is 3. The molecule has 3 rings (SSSR count). The van der Waals surface area contributed by atoms with Crippen molar-refractivity contribution in [3.63, 3.8) is 0 Å². The predicted octanol–water partition coefficient (Wildman–Crippen LogP) is 1.31. The van der Waals surface area contributed by atoms with Crippen molar-refractivity contribution in [1.29, 1.82) is 0 Å². The lowest BCUT2D eigenvalue weighted by atomic mass is 9.66. The Hall–Kier alpha value is -1.92. The minimum absolute atomic E-state index is 0.0836. The second-order valence-electron chi connectivity index (χ2n) is 6.71. The van der Waals surface area contributed by atoms with E-state index in [9.17, 15) is 14.7 Å². The number of aryl methyl sites for hydroxylation is 1. The van der Waals surface area contributed by atoms with Crippen LogP contribution in [0.2, 0.25) is 0 Å². The monoisotopic (exact) mass is 320 g/mol. The van der Waals surface area contributed by atoms with Crippen LogP contribution in [0, 0.1) is 5.41 Å². The largest absolute Gasteiger partial charge is 0.481 e. The summed E-state index contributed by atoms with van der Waals surface area (Å²) < 4.78 is 2.17. The Kier molecular flexibility index (Phi) is 4.63. The summed E-state index contributed by atoms with van der Waals surface area (Å²) in [6.07, 6.45) is 7.32. The minimum Gasteiger partial charge on any atom is -0.481 e. The van der Waals surface area contributed by atoms with Crippen molar-refractivity contribution in [2.75, 3.05) is 6.54 Å². The quantitative estimate of drug-likeness (QED) is 0.823. The van der Waals surface area contributed by atoms with E-state index >= 15 is 0 Å². The Labute approximate surface area is 135 Å². The zero-order valence-corrected chi connectivity index (χ0v) is 13.4. The van der Waals surface area contributed by atoms with Gasteiger partial charge in [0, 0.05) is 32.4 Å². The summed E-state index contributed by atoms with van der Waals surface area (Å²) >= 11 is 0. The summed E-state index contributed by atoms with van der Waals surface area (Å²) in [6.45, 7) is 1.43. The Morgan fingerprint density at radius 3 is 2.70 bits per heavy atom. The summed E-state index contributed by atoms with van der Waals surface area (Å²) in [6, 6.07) is 0. The molecule has 126 valence electrons. The Bertz CT molecular complexity index is 592. The number of carboxylic acids is 1. The summed E-state index contributed by atoms with van der Waals surface area (Å²) in [7, 11) is 0. The van der Waals surface area contributed by atoms with Gasteiger partial charge in [-0.15, -0.1) is 10.2 Å². The highest BCUT2D eigenvalue weighted by atomic mass is 16.4. The van der Waals surface area contributed by atoms with Crippen LogP contribution in [0.5, 0.6) is 0 Å². The molecule has 2 aliphatic rings. The van der Waals surface area contributed by atoms with E-state index in [4.69, 9.17) is 0 Å². The van der Waals surface area contributed by atoms with E-state index in [2.05, 4.69) is 20.1 Å². The lowest BCUT2D eigenvalue weighted by molar-refractivity contribution is -0.157. The van der Waals surface area contributed by atoms with Crippen molar-refractivity contribution in [2.24, 2.45) is 5.41 Å². The van der Waals surface area contributed by atoms with Crippen LogP contribution in [-0.4, -0.2) is 38.3 Å². The first-order valence-electron chi connectivity index (χ1n) is 8.52. The summed E-state index contributed by atoms with van der Waals surface area (Å²) in [5.41, 5.74) is -0.823. The van der Waals surface area contributed by atoms with Gasteiger partial charge in [-0.2, -0.15) is 0 Å². The van der Waals surface area contributed by atoms with Crippen LogP contribution in [-0.2, 0) is 29.0 Å². The van der Waals surface area contributed by atoms with Crippen LogP contribution in [0.4, 0.5) is 0 Å². The molecule has 2 heterocycles. The molecule has 0 spiro atoms. The maximum Gasteiger partial charge on any atom is 0.310 e. The topological polar surface area (TPSA) is 97.1 Å².